The van der Waals surface area contributed by atoms with Crippen molar-refractivity contribution < 1.29 is 13.0 Å². The summed E-state index contributed by atoms with van der Waals surface area (Å²) in [4.78, 5) is 4.39. The van der Waals surface area contributed by atoms with Crippen LogP contribution in [-0.4, -0.2) is 67.8 Å². The highest BCUT2D eigenvalue weighted by Crippen LogP contribution is 2.01. The average Bonchev–Trinajstić information content (AvgIpc) is 2.14. The molecule has 0 bridgehead atoms. The molecule has 0 unspecified atom stereocenters. The van der Waals surface area contributed by atoms with Crippen molar-refractivity contribution in [3.8, 4) is 0 Å². The van der Waals surface area contributed by atoms with E-state index in [1.807, 2.05) is 0 Å². The third kappa shape index (κ3) is 4.36. The van der Waals surface area contributed by atoms with Crippen molar-refractivity contribution in [3.63, 3.8) is 0 Å². The van der Waals surface area contributed by atoms with E-state index in [1.54, 1.807) is 0 Å². The van der Waals surface area contributed by atoms with E-state index < -0.39 is 10.1 Å². The van der Waals surface area contributed by atoms with E-state index in [0.29, 0.717) is 6.54 Å². The molecule has 1 heterocycles. The molecule has 0 aromatic carbocycles. The lowest BCUT2D eigenvalue weighted by Gasteiger charge is -2.33. The number of likely N-dealkylation sites (N-methyl/N-ethyl adjacent to an activating group) is 1. The van der Waals surface area contributed by atoms with Gasteiger partial charge in [-0.1, -0.05) is 6.92 Å². The van der Waals surface area contributed by atoms with E-state index in [1.165, 1.54) is 0 Å². The van der Waals surface area contributed by atoms with Gasteiger partial charge in [-0.15, -0.1) is 0 Å². The van der Waals surface area contributed by atoms with Gasteiger partial charge in [0, 0.05) is 32.7 Å². The van der Waals surface area contributed by atoms with Gasteiger partial charge in [0.05, 0.1) is 5.75 Å². The Morgan fingerprint density at radius 3 is 2.07 bits per heavy atom. The molecule has 0 aromatic rings. The van der Waals surface area contributed by atoms with Gasteiger partial charge in [0.25, 0.3) is 10.1 Å². The van der Waals surface area contributed by atoms with Crippen molar-refractivity contribution in [3.05, 3.63) is 0 Å². The van der Waals surface area contributed by atoms with Gasteiger partial charge in [-0.25, -0.2) is 0 Å². The summed E-state index contributed by atoms with van der Waals surface area (Å²) < 4.78 is 29.6. The molecule has 0 radical (unpaired) electrons. The Bertz CT molecular complexity index is 258. The first-order valence-electron chi connectivity index (χ1n) is 4.91. The highest BCUT2D eigenvalue weighted by molar-refractivity contribution is 7.85. The van der Waals surface area contributed by atoms with Gasteiger partial charge in [0.15, 0.2) is 0 Å². The molecule has 84 valence electrons. The molecular formula is C8H18N2O3S. The second kappa shape index (κ2) is 5.06. The molecule has 6 heteroatoms. The smallest absolute Gasteiger partial charge is 0.266 e. The van der Waals surface area contributed by atoms with E-state index in [9.17, 15) is 8.42 Å². The first-order valence-corrected chi connectivity index (χ1v) is 6.52. The summed E-state index contributed by atoms with van der Waals surface area (Å²) in [7, 11) is -3.80. The maximum absolute atomic E-state index is 10.5. The van der Waals surface area contributed by atoms with Crippen LogP contribution in [0.2, 0.25) is 0 Å². The van der Waals surface area contributed by atoms with E-state index in [0.717, 1.165) is 32.7 Å². The summed E-state index contributed by atoms with van der Waals surface area (Å²) in [6, 6.07) is 0. The molecule has 1 fully saturated rings. The SMILES string of the molecule is CCN1CCN(CCS(=O)(=O)O)CC1. The summed E-state index contributed by atoms with van der Waals surface area (Å²) in [5.41, 5.74) is 0. The lowest BCUT2D eigenvalue weighted by atomic mass is 10.3. The lowest BCUT2D eigenvalue weighted by Crippen LogP contribution is -2.47. The highest BCUT2D eigenvalue weighted by Gasteiger charge is 2.16. The van der Waals surface area contributed by atoms with Crippen molar-refractivity contribution in [2.45, 2.75) is 6.92 Å². The average molecular weight is 222 g/mol. The van der Waals surface area contributed by atoms with Gasteiger partial charge >= 0.3 is 0 Å². The molecule has 0 saturated carbocycles. The fraction of sp³-hybridized carbons (Fsp3) is 1.00. The Hall–Kier alpha value is -0.170. The Morgan fingerprint density at radius 1 is 1.14 bits per heavy atom. The fourth-order valence-electron chi connectivity index (χ4n) is 1.57. The number of nitrogens with zero attached hydrogens (tertiary/aromatic N) is 2. The second-order valence-electron chi connectivity index (χ2n) is 3.56. The number of rotatable bonds is 4. The maximum atomic E-state index is 10.5. The van der Waals surface area contributed by atoms with E-state index in [-0.39, 0.29) is 5.75 Å². The van der Waals surface area contributed by atoms with Crippen LogP contribution in [0, 0.1) is 0 Å². The van der Waals surface area contributed by atoms with Crippen molar-refractivity contribution in [2.75, 3.05) is 45.0 Å². The van der Waals surface area contributed by atoms with Crippen LogP contribution in [0.3, 0.4) is 0 Å². The van der Waals surface area contributed by atoms with Gasteiger partial charge < -0.3 is 4.90 Å². The van der Waals surface area contributed by atoms with E-state index >= 15 is 0 Å². The molecule has 0 aromatic heterocycles. The molecule has 5 nitrogen and oxygen atoms in total. The zero-order valence-electron chi connectivity index (χ0n) is 8.52. The molecule has 0 aliphatic carbocycles. The van der Waals surface area contributed by atoms with Gasteiger partial charge in [-0.05, 0) is 6.54 Å². The molecule has 1 aliphatic rings. The van der Waals surface area contributed by atoms with Crippen molar-refractivity contribution >= 4 is 10.1 Å². The topological polar surface area (TPSA) is 60.9 Å². The minimum absolute atomic E-state index is 0.154. The maximum Gasteiger partial charge on any atom is 0.266 e. The van der Waals surface area contributed by atoms with Gasteiger partial charge in [0.2, 0.25) is 0 Å². The third-order valence-electron chi connectivity index (χ3n) is 2.58. The van der Waals surface area contributed by atoms with Crippen LogP contribution in [0.4, 0.5) is 0 Å². The van der Waals surface area contributed by atoms with Crippen LogP contribution in [0.15, 0.2) is 0 Å². The van der Waals surface area contributed by atoms with E-state index in [4.69, 9.17) is 4.55 Å². The molecular weight excluding hydrogens is 204 g/mol. The first kappa shape index (κ1) is 11.9. The molecule has 0 spiro atoms. The minimum Gasteiger partial charge on any atom is -0.301 e. The molecule has 1 rings (SSSR count). The predicted molar refractivity (Wildman–Crippen MR) is 55.0 cm³/mol. The summed E-state index contributed by atoms with van der Waals surface area (Å²) >= 11 is 0. The Balaban J connectivity index is 2.23. The standard InChI is InChI=1S/C8H18N2O3S/c1-2-9-3-5-10(6-4-9)7-8-14(11,12)13/h2-8H2,1H3,(H,11,12,13). The monoisotopic (exact) mass is 222 g/mol. The van der Waals surface area contributed by atoms with E-state index in [2.05, 4.69) is 16.7 Å². The van der Waals surface area contributed by atoms with Gasteiger partial charge in [-0.2, -0.15) is 8.42 Å². The Labute approximate surface area is 85.4 Å². The molecule has 0 atom stereocenters. The van der Waals surface area contributed by atoms with Crippen molar-refractivity contribution in [1.82, 2.24) is 9.80 Å². The third-order valence-corrected chi connectivity index (χ3v) is 3.28. The zero-order valence-corrected chi connectivity index (χ0v) is 9.33. The normalized spacial score (nSPS) is 21.3. The summed E-state index contributed by atoms with van der Waals surface area (Å²) in [6.07, 6.45) is 0. The molecule has 1 aliphatic heterocycles. The van der Waals surface area contributed by atoms with Crippen LogP contribution in [0.5, 0.6) is 0 Å². The molecule has 0 amide bonds. The van der Waals surface area contributed by atoms with Crippen molar-refractivity contribution in [1.29, 1.82) is 0 Å². The molecule has 1 N–H and O–H groups in total. The summed E-state index contributed by atoms with van der Waals surface area (Å²) in [6.45, 7) is 7.37. The summed E-state index contributed by atoms with van der Waals surface area (Å²) in [5.74, 6) is -0.154. The van der Waals surface area contributed by atoms with Crippen LogP contribution in [0.25, 0.3) is 0 Å². The van der Waals surface area contributed by atoms with Crippen LogP contribution in [-0.2, 0) is 10.1 Å². The number of hydrogen-bond acceptors (Lipinski definition) is 4. The van der Waals surface area contributed by atoms with Gasteiger partial charge in [0.1, 0.15) is 0 Å². The number of piperazine rings is 1. The van der Waals surface area contributed by atoms with Crippen LogP contribution >= 0.6 is 0 Å². The summed E-state index contributed by atoms with van der Waals surface area (Å²) in [5, 5.41) is 0. The lowest BCUT2D eigenvalue weighted by molar-refractivity contribution is 0.142. The van der Waals surface area contributed by atoms with Crippen molar-refractivity contribution in [2.24, 2.45) is 0 Å². The largest absolute Gasteiger partial charge is 0.301 e. The number of hydrogen-bond donors (Lipinski definition) is 1. The fourth-order valence-corrected chi connectivity index (χ4v) is 2.06. The predicted octanol–water partition coefficient (Wildman–Crippen LogP) is -0.488. The molecule has 1 saturated heterocycles. The Kier molecular flexibility index (Phi) is 4.31. The van der Waals surface area contributed by atoms with Gasteiger partial charge in [-0.3, -0.25) is 9.45 Å². The quantitative estimate of drug-likeness (QED) is 0.651. The zero-order chi connectivity index (χ0) is 10.6. The van der Waals surface area contributed by atoms with Crippen LogP contribution < -0.4 is 0 Å². The second-order valence-corrected chi connectivity index (χ2v) is 5.13. The van der Waals surface area contributed by atoms with Crippen LogP contribution in [0.1, 0.15) is 6.92 Å². The highest BCUT2D eigenvalue weighted by atomic mass is 32.2. The minimum atomic E-state index is -3.80. The Morgan fingerprint density at radius 2 is 1.64 bits per heavy atom. The molecule has 14 heavy (non-hydrogen) atoms. The first-order chi connectivity index (χ1) is 6.51.